The summed E-state index contributed by atoms with van der Waals surface area (Å²) in [6, 6.07) is 5.36. The van der Waals surface area contributed by atoms with E-state index in [-0.39, 0.29) is 25.1 Å². The van der Waals surface area contributed by atoms with Crippen molar-refractivity contribution < 1.29 is 17.9 Å². The molecular formula is C17H29N3O4S. The summed E-state index contributed by atoms with van der Waals surface area (Å²) in [5, 5.41) is 2.75. The molecule has 0 radical (unpaired) electrons. The van der Waals surface area contributed by atoms with Crippen molar-refractivity contribution in [3.8, 4) is 0 Å². The molecule has 0 unspecified atom stereocenters. The first kappa shape index (κ1) is 21.4. The number of nitrogens with one attached hydrogen (secondary N) is 1. The van der Waals surface area contributed by atoms with E-state index in [0.29, 0.717) is 12.1 Å². The van der Waals surface area contributed by atoms with Crippen LogP contribution in [0.25, 0.3) is 0 Å². The molecule has 1 amide bonds. The Kier molecular flexibility index (Phi) is 7.85. The van der Waals surface area contributed by atoms with Crippen molar-refractivity contribution in [2.45, 2.75) is 32.9 Å². The molecule has 0 bridgehead atoms. The maximum Gasteiger partial charge on any atom is 0.250 e. The monoisotopic (exact) mass is 371 g/mol. The molecule has 1 rings (SSSR count). The van der Waals surface area contributed by atoms with E-state index in [4.69, 9.17) is 4.74 Å². The van der Waals surface area contributed by atoms with Gasteiger partial charge in [0.2, 0.25) is 15.9 Å². The number of anilines is 2. The highest BCUT2D eigenvalue weighted by Crippen LogP contribution is 2.26. The van der Waals surface area contributed by atoms with Gasteiger partial charge in [-0.3, -0.25) is 4.79 Å². The lowest BCUT2D eigenvalue weighted by atomic mass is 10.1. The van der Waals surface area contributed by atoms with Crippen LogP contribution in [0.15, 0.2) is 18.2 Å². The number of rotatable bonds is 9. The van der Waals surface area contributed by atoms with E-state index in [1.165, 1.54) is 17.7 Å². The molecule has 1 aromatic carbocycles. The molecule has 8 heteroatoms. The molecule has 7 nitrogen and oxygen atoms in total. The number of nitrogens with zero attached hydrogens (tertiary/aromatic N) is 2. The SMILES string of the molecule is CC[C@@H](C)N(Cc1cc(NC(=O)COC)ccc1N(C)C)S(C)(=O)=O. The number of carbonyl (C=O) groups excluding carboxylic acids is 1. The highest BCUT2D eigenvalue weighted by Gasteiger charge is 2.24. The molecule has 0 fully saturated rings. The molecule has 142 valence electrons. The summed E-state index contributed by atoms with van der Waals surface area (Å²) in [5.41, 5.74) is 2.34. The first-order valence-corrected chi connectivity index (χ1v) is 10.0. The van der Waals surface area contributed by atoms with Crippen molar-refractivity contribution in [1.82, 2.24) is 4.31 Å². The van der Waals surface area contributed by atoms with Crippen LogP contribution in [-0.2, 0) is 26.1 Å². The summed E-state index contributed by atoms with van der Waals surface area (Å²) in [5.74, 6) is -0.257. The molecule has 25 heavy (non-hydrogen) atoms. The molecule has 0 aliphatic carbocycles. The number of hydrogen-bond acceptors (Lipinski definition) is 5. The normalized spacial score (nSPS) is 12.9. The Hall–Kier alpha value is -1.64. The number of methoxy groups -OCH3 is 1. The summed E-state index contributed by atoms with van der Waals surface area (Å²) < 4.78 is 30.7. The van der Waals surface area contributed by atoms with Crippen LogP contribution in [0.1, 0.15) is 25.8 Å². The summed E-state index contributed by atoms with van der Waals surface area (Å²) >= 11 is 0. The van der Waals surface area contributed by atoms with E-state index in [2.05, 4.69) is 5.32 Å². The third-order valence-corrected chi connectivity index (χ3v) is 5.30. The van der Waals surface area contributed by atoms with E-state index in [1.807, 2.05) is 45.0 Å². The van der Waals surface area contributed by atoms with Gasteiger partial charge in [0.05, 0.1) is 6.26 Å². The lowest BCUT2D eigenvalue weighted by Gasteiger charge is -2.28. The fourth-order valence-electron chi connectivity index (χ4n) is 2.53. The Morgan fingerprint density at radius 1 is 1.32 bits per heavy atom. The molecule has 0 spiro atoms. The number of carbonyl (C=O) groups is 1. The van der Waals surface area contributed by atoms with Crippen LogP contribution < -0.4 is 10.2 Å². The van der Waals surface area contributed by atoms with E-state index >= 15 is 0 Å². The molecule has 1 atom stereocenters. The molecule has 0 saturated heterocycles. The van der Waals surface area contributed by atoms with E-state index < -0.39 is 10.0 Å². The van der Waals surface area contributed by atoms with Gasteiger partial charge in [-0.05, 0) is 37.1 Å². The summed E-state index contributed by atoms with van der Waals surface area (Å²) in [6.07, 6.45) is 1.94. The zero-order valence-electron chi connectivity index (χ0n) is 15.9. The van der Waals surface area contributed by atoms with Crippen LogP contribution in [0.4, 0.5) is 11.4 Å². The van der Waals surface area contributed by atoms with Gasteiger partial charge >= 0.3 is 0 Å². The van der Waals surface area contributed by atoms with Gasteiger partial charge in [0, 0.05) is 45.2 Å². The molecular weight excluding hydrogens is 342 g/mol. The fraction of sp³-hybridized carbons (Fsp3) is 0.588. The van der Waals surface area contributed by atoms with E-state index in [0.717, 1.165) is 11.3 Å². The summed E-state index contributed by atoms with van der Waals surface area (Å²) in [6.45, 7) is 4.06. The van der Waals surface area contributed by atoms with Crippen molar-refractivity contribution in [3.05, 3.63) is 23.8 Å². The Balaban J connectivity index is 3.22. The van der Waals surface area contributed by atoms with Gasteiger partial charge in [-0.25, -0.2) is 8.42 Å². The third kappa shape index (κ3) is 6.30. The van der Waals surface area contributed by atoms with E-state index in [1.54, 1.807) is 6.07 Å². The molecule has 0 aliphatic heterocycles. The molecule has 0 heterocycles. The van der Waals surface area contributed by atoms with Crippen LogP contribution in [0.3, 0.4) is 0 Å². The Morgan fingerprint density at radius 2 is 1.96 bits per heavy atom. The standard InChI is InChI=1S/C17H29N3O4S/c1-7-13(2)20(25(6,22)23)11-14-10-15(18-17(21)12-24-5)8-9-16(14)19(3)4/h8-10,13H,7,11-12H2,1-6H3,(H,18,21)/t13-/m1/s1. The average molecular weight is 372 g/mol. The van der Waals surface area contributed by atoms with Gasteiger partial charge < -0.3 is 15.0 Å². The number of hydrogen-bond donors (Lipinski definition) is 1. The van der Waals surface area contributed by atoms with Gasteiger partial charge in [-0.2, -0.15) is 4.31 Å². The van der Waals surface area contributed by atoms with Gasteiger partial charge in [-0.15, -0.1) is 0 Å². The zero-order valence-corrected chi connectivity index (χ0v) is 16.7. The maximum atomic E-state index is 12.2. The van der Waals surface area contributed by atoms with Crippen molar-refractivity contribution in [3.63, 3.8) is 0 Å². The summed E-state index contributed by atoms with van der Waals surface area (Å²) in [7, 11) is 1.90. The lowest BCUT2D eigenvalue weighted by Crippen LogP contribution is -2.37. The first-order chi connectivity index (χ1) is 11.6. The van der Waals surface area contributed by atoms with Crippen molar-refractivity contribution in [2.24, 2.45) is 0 Å². The minimum atomic E-state index is -3.35. The second-order valence-electron chi connectivity index (χ2n) is 6.28. The van der Waals surface area contributed by atoms with Crippen LogP contribution in [-0.4, -0.2) is 58.7 Å². The predicted octanol–water partition coefficient (Wildman–Crippen LogP) is 1.90. The second-order valence-corrected chi connectivity index (χ2v) is 8.22. The topological polar surface area (TPSA) is 79.0 Å². The number of ether oxygens (including phenoxy) is 1. The average Bonchev–Trinajstić information content (AvgIpc) is 2.50. The Labute approximate surface area is 151 Å². The van der Waals surface area contributed by atoms with Gasteiger partial charge in [0.1, 0.15) is 6.61 Å². The van der Waals surface area contributed by atoms with Gasteiger partial charge in [-0.1, -0.05) is 6.92 Å². The van der Waals surface area contributed by atoms with Crippen LogP contribution >= 0.6 is 0 Å². The smallest absolute Gasteiger partial charge is 0.250 e. The predicted molar refractivity (Wildman–Crippen MR) is 101 cm³/mol. The molecule has 1 N–H and O–H groups in total. The lowest BCUT2D eigenvalue weighted by molar-refractivity contribution is -0.119. The van der Waals surface area contributed by atoms with Crippen LogP contribution in [0.2, 0.25) is 0 Å². The van der Waals surface area contributed by atoms with Crippen molar-refractivity contribution in [1.29, 1.82) is 0 Å². The van der Waals surface area contributed by atoms with Crippen LogP contribution in [0, 0.1) is 0 Å². The molecule has 0 aromatic heterocycles. The zero-order chi connectivity index (χ0) is 19.2. The van der Waals surface area contributed by atoms with Crippen molar-refractivity contribution in [2.75, 3.05) is 44.3 Å². The van der Waals surface area contributed by atoms with Crippen LogP contribution in [0.5, 0.6) is 0 Å². The Bertz CT molecular complexity index is 689. The fourth-order valence-corrected chi connectivity index (χ4v) is 3.70. The maximum absolute atomic E-state index is 12.2. The third-order valence-electron chi connectivity index (χ3n) is 3.96. The highest BCUT2D eigenvalue weighted by molar-refractivity contribution is 7.88. The number of amides is 1. The van der Waals surface area contributed by atoms with Gasteiger partial charge in [0.15, 0.2) is 0 Å². The largest absolute Gasteiger partial charge is 0.377 e. The van der Waals surface area contributed by atoms with Crippen molar-refractivity contribution >= 4 is 27.3 Å². The summed E-state index contributed by atoms with van der Waals surface area (Å²) in [4.78, 5) is 13.6. The second kappa shape index (κ2) is 9.17. The van der Waals surface area contributed by atoms with Gasteiger partial charge in [0.25, 0.3) is 0 Å². The minimum Gasteiger partial charge on any atom is -0.377 e. The number of sulfonamides is 1. The highest BCUT2D eigenvalue weighted by atomic mass is 32.2. The number of benzene rings is 1. The molecule has 0 saturated carbocycles. The Morgan fingerprint density at radius 3 is 2.44 bits per heavy atom. The molecule has 0 aliphatic rings. The molecule has 1 aromatic rings. The first-order valence-electron chi connectivity index (χ1n) is 8.16. The quantitative estimate of drug-likeness (QED) is 0.717. The minimum absolute atomic E-state index is 0.0346. The van der Waals surface area contributed by atoms with E-state index in [9.17, 15) is 13.2 Å².